The molecule has 1 N–H and O–H groups in total. The number of rotatable bonds is 6. The van der Waals surface area contributed by atoms with Crippen LogP contribution < -0.4 is 0 Å². The number of hydrogen-bond acceptors (Lipinski definition) is 3. The fourth-order valence-corrected chi connectivity index (χ4v) is 1.42. The van der Waals surface area contributed by atoms with Crippen molar-refractivity contribution in [1.82, 2.24) is 5.01 Å². The molecule has 1 aromatic carbocycles. The van der Waals surface area contributed by atoms with Crippen LogP contribution in [0.4, 0.5) is 5.69 Å². The second-order valence-corrected chi connectivity index (χ2v) is 4.40. The van der Waals surface area contributed by atoms with Gasteiger partial charge >= 0.3 is 5.97 Å². The van der Waals surface area contributed by atoms with Gasteiger partial charge in [0.05, 0.1) is 11.3 Å². The molecule has 0 aromatic heterocycles. The van der Waals surface area contributed by atoms with Crippen LogP contribution in [0.15, 0.2) is 34.6 Å². The van der Waals surface area contributed by atoms with Crippen LogP contribution in [0.3, 0.4) is 0 Å². The summed E-state index contributed by atoms with van der Waals surface area (Å²) in [5, 5.41) is 18.7. The van der Waals surface area contributed by atoms with Crippen LogP contribution in [0.2, 0.25) is 0 Å². The van der Waals surface area contributed by atoms with Crippen molar-refractivity contribution < 1.29 is 9.90 Å². The van der Waals surface area contributed by atoms with E-state index < -0.39 is 5.97 Å². The Balaban J connectivity index is 2.58. The fourth-order valence-electron chi connectivity index (χ4n) is 1.42. The molecule has 0 saturated carbocycles. The number of benzene rings is 1. The minimum atomic E-state index is -0.938. The molecule has 0 unspecified atom stereocenters. The van der Waals surface area contributed by atoms with E-state index >= 15 is 0 Å². The average Bonchev–Trinajstić information content (AvgIpc) is 2.36. The van der Waals surface area contributed by atoms with Gasteiger partial charge in [0, 0.05) is 13.6 Å². The average molecular weight is 249 g/mol. The molecule has 0 saturated heterocycles. The first-order chi connectivity index (χ1) is 8.52. The van der Waals surface area contributed by atoms with Crippen molar-refractivity contribution in [3.8, 4) is 0 Å². The molecule has 98 valence electrons. The van der Waals surface area contributed by atoms with Crippen LogP contribution >= 0.6 is 0 Å². The highest BCUT2D eigenvalue weighted by molar-refractivity contribution is 5.87. The summed E-state index contributed by atoms with van der Waals surface area (Å²) < 4.78 is 0. The van der Waals surface area contributed by atoms with Gasteiger partial charge in [-0.25, -0.2) is 4.79 Å². The Hall–Kier alpha value is -1.91. The molecule has 5 nitrogen and oxygen atoms in total. The Labute approximate surface area is 107 Å². The quantitative estimate of drug-likeness (QED) is 0.621. The van der Waals surface area contributed by atoms with Gasteiger partial charge in [0.2, 0.25) is 0 Å². The van der Waals surface area contributed by atoms with Crippen LogP contribution in [-0.2, 0) is 0 Å². The lowest BCUT2D eigenvalue weighted by Crippen LogP contribution is -2.17. The third-order valence-electron chi connectivity index (χ3n) is 2.70. The monoisotopic (exact) mass is 249 g/mol. The van der Waals surface area contributed by atoms with Crippen LogP contribution in [0.25, 0.3) is 0 Å². The first-order valence-electron chi connectivity index (χ1n) is 5.99. The van der Waals surface area contributed by atoms with E-state index in [0.717, 1.165) is 13.0 Å². The summed E-state index contributed by atoms with van der Waals surface area (Å²) >= 11 is 0. The molecule has 0 spiro atoms. The Kier molecular flexibility index (Phi) is 5.30. The number of carboxylic acids is 1. The van der Waals surface area contributed by atoms with E-state index in [2.05, 4.69) is 24.2 Å². The minimum absolute atomic E-state index is 0.252. The van der Waals surface area contributed by atoms with Crippen LogP contribution in [0, 0.1) is 5.92 Å². The molecular weight excluding hydrogens is 230 g/mol. The van der Waals surface area contributed by atoms with Crippen LogP contribution in [0.1, 0.15) is 30.6 Å². The molecule has 1 aromatic rings. The van der Waals surface area contributed by atoms with E-state index in [1.54, 1.807) is 17.1 Å². The summed E-state index contributed by atoms with van der Waals surface area (Å²) in [7, 11) is 1.88. The molecule has 18 heavy (non-hydrogen) atoms. The van der Waals surface area contributed by atoms with Crippen molar-refractivity contribution in [3.05, 3.63) is 29.8 Å². The maximum Gasteiger partial charge on any atom is 0.335 e. The predicted octanol–water partition coefficient (Wildman–Crippen LogP) is 3.36. The third kappa shape index (κ3) is 4.53. The van der Waals surface area contributed by atoms with Crippen molar-refractivity contribution in [2.45, 2.75) is 20.3 Å². The molecule has 5 heteroatoms. The highest BCUT2D eigenvalue weighted by atomic mass is 16.4. The SMILES string of the molecule is CC[C@@H](C)CN(C)N=Nc1ccc(C(=O)O)cc1. The second-order valence-electron chi connectivity index (χ2n) is 4.40. The lowest BCUT2D eigenvalue weighted by molar-refractivity contribution is 0.0697. The molecule has 0 bridgehead atoms. The van der Waals surface area contributed by atoms with Crippen molar-refractivity contribution >= 4 is 11.7 Å². The molecule has 0 aliphatic heterocycles. The van der Waals surface area contributed by atoms with Gasteiger partial charge in [-0.3, -0.25) is 5.01 Å². The van der Waals surface area contributed by atoms with Gasteiger partial charge in [0.25, 0.3) is 0 Å². The molecule has 0 amide bonds. The zero-order chi connectivity index (χ0) is 13.5. The Morgan fingerprint density at radius 1 is 1.39 bits per heavy atom. The molecule has 0 radical (unpaired) electrons. The summed E-state index contributed by atoms with van der Waals surface area (Å²) in [6.45, 7) is 5.15. The molecule has 0 aliphatic carbocycles. The van der Waals surface area contributed by atoms with Crippen molar-refractivity contribution in [3.63, 3.8) is 0 Å². The zero-order valence-electron chi connectivity index (χ0n) is 11.0. The van der Waals surface area contributed by atoms with Crippen molar-refractivity contribution in [2.75, 3.05) is 13.6 Å². The van der Waals surface area contributed by atoms with E-state index in [4.69, 9.17) is 5.11 Å². The highest BCUT2D eigenvalue weighted by Crippen LogP contribution is 2.14. The minimum Gasteiger partial charge on any atom is -0.478 e. The number of aromatic carboxylic acids is 1. The van der Waals surface area contributed by atoms with Gasteiger partial charge < -0.3 is 5.11 Å². The smallest absolute Gasteiger partial charge is 0.335 e. The van der Waals surface area contributed by atoms with Gasteiger partial charge in [0.1, 0.15) is 0 Å². The van der Waals surface area contributed by atoms with Crippen LogP contribution in [-0.4, -0.2) is 29.7 Å². The van der Waals surface area contributed by atoms with Gasteiger partial charge in [-0.2, -0.15) is 0 Å². The molecule has 0 fully saturated rings. The van der Waals surface area contributed by atoms with E-state index in [-0.39, 0.29) is 5.56 Å². The largest absolute Gasteiger partial charge is 0.478 e. The summed E-state index contributed by atoms with van der Waals surface area (Å²) in [5.74, 6) is -0.365. The molecule has 1 rings (SSSR count). The van der Waals surface area contributed by atoms with Gasteiger partial charge in [-0.1, -0.05) is 25.5 Å². The van der Waals surface area contributed by atoms with Crippen molar-refractivity contribution in [2.24, 2.45) is 16.3 Å². The Morgan fingerprint density at radius 2 is 2.00 bits per heavy atom. The zero-order valence-corrected chi connectivity index (χ0v) is 11.0. The summed E-state index contributed by atoms with van der Waals surface area (Å²) in [6, 6.07) is 6.32. The topological polar surface area (TPSA) is 65.3 Å². The van der Waals surface area contributed by atoms with E-state index in [9.17, 15) is 4.79 Å². The number of carbonyl (C=O) groups is 1. The highest BCUT2D eigenvalue weighted by Gasteiger charge is 2.03. The summed E-state index contributed by atoms with van der Waals surface area (Å²) in [4.78, 5) is 10.7. The first-order valence-corrected chi connectivity index (χ1v) is 5.99. The number of hydrogen-bond donors (Lipinski definition) is 1. The van der Waals surface area contributed by atoms with Crippen molar-refractivity contribution in [1.29, 1.82) is 0 Å². The number of carboxylic acid groups (broad SMARTS) is 1. The van der Waals surface area contributed by atoms with E-state index in [0.29, 0.717) is 11.6 Å². The first kappa shape index (κ1) is 14.2. The number of nitrogens with zero attached hydrogens (tertiary/aromatic N) is 3. The van der Waals surface area contributed by atoms with E-state index in [1.807, 2.05) is 7.05 Å². The summed E-state index contributed by atoms with van der Waals surface area (Å²) in [5.41, 5.74) is 0.901. The molecule has 1 atom stereocenters. The lowest BCUT2D eigenvalue weighted by Gasteiger charge is -2.15. The fraction of sp³-hybridized carbons (Fsp3) is 0.462. The predicted molar refractivity (Wildman–Crippen MR) is 70.0 cm³/mol. The van der Waals surface area contributed by atoms with Gasteiger partial charge in [-0.05, 0) is 30.2 Å². The third-order valence-corrected chi connectivity index (χ3v) is 2.70. The van der Waals surface area contributed by atoms with Gasteiger partial charge in [-0.15, -0.1) is 5.11 Å². The van der Waals surface area contributed by atoms with E-state index in [1.165, 1.54) is 12.1 Å². The molecular formula is C13H19N3O2. The second kappa shape index (κ2) is 6.74. The molecule has 0 aliphatic rings. The molecule has 0 heterocycles. The summed E-state index contributed by atoms with van der Waals surface area (Å²) in [6.07, 6.45) is 1.10. The standard InChI is InChI=1S/C13H19N3O2/c1-4-10(2)9-16(3)15-14-12-7-5-11(6-8-12)13(17)18/h5-8,10H,4,9H2,1-3H3,(H,17,18)/t10-/m1/s1. The maximum absolute atomic E-state index is 10.7. The van der Waals surface area contributed by atoms with Gasteiger partial charge in [0.15, 0.2) is 0 Å². The maximum atomic E-state index is 10.7. The van der Waals surface area contributed by atoms with Crippen LogP contribution in [0.5, 0.6) is 0 Å². The lowest BCUT2D eigenvalue weighted by atomic mass is 10.1. The Bertz CT molecular complexity index is 415. The Morgan fingerprint density at radius 3 is 2.50 bits per heavy atom. The normalized spacial score (nSPS) is 12.6.